The molecule has 2 aromatic rings. The number of Topliss-reactive ketones (excluding diaryl/α,β-unsaturated/α-hetero) is 2. The third-order valence-corrected chi connectivity index (χ3v) is 9.60. The lowest BCUT2D eigenvalue weighted by atomic mass is 9.77. The van der Waals surface area contributed by atoms with E-state index < -0.39 is 73.1 Å². The molecular formula is C43H53FO11. The van der Waals surface area contributed by atoms with Gasteiger partial charge >= 0.3 is 23.9 Å². The molecule has 3 rings (SSSR count). The molecule has 55 heavy (non-hydrogen) atoms. The lowest BCUT2D eigenvalue weighted by molar-refractivity contribution is -0.168. The first-order valence-electron chi connectivity index (χ1n) is 18.6. The van der Waals surface area contributed by atoms with Crippen LogP contribution in [0.5, 0.6) is 5.75 Å². The Bertz CT molecular complexity index is 1680. The van der Waals surface area contributed by atoms with Crippen LogP contribution in [0, 0.1) is 17.2 Å². The van der Waals surface area contributed by atoms with Gasteiger partial charge in [0.1, 0.15) is 50.0 Å². The van der Waals surface area contributed by atoms with Gasteiger partial charge in [0.05, 0.1) is 0 Å². The average molecular weight is 765 g/mol. The molecule has 0 unspecified atom stereocenters. The summed E-state index contributed by atoms with van der Waals surface area (Å²) in [5, 5.41) is 0. The molecular weight excluding hydrogens is 711 g/mol. The lowest BCUT2D eigenvalue weighted by Gasteiger charge is -2.32. The van der Waals surface area contributed by atoms with Crippen LogP contribution >= 0.6 is 0 Å². The van der Waals surface area contributed by atoms with Gasteiger partial charge in [-0.2, -0.15) is 0 Å². The van der Waals surface area contributed by atoms with Gasteiger partial charge in [0.15, 0.2) is 0 Å². The van der Waals surface area contributed by atoms with E-state index in [4.69, 9.17) is 23.7 Å². The Balaban J connectivity index is 1.94. The molecule has 11 nitrogen and oxygen atoms in total. The van der Waals surface area contributed by atoms with Crippen LogP contribution in [0.2, 0.25) is 0 Å². The summed E-state index contributed by atoms with van der Waals surface area (Å²) in [5.41, 5.74) is 0.657. The molecule has 1 aliphatic carbocycles. The fourth-order valence-corrected chi connectivity index (χ4v) is 6.25. The molecule has 0 aromatic heterocycles. The smallest absolute Gasteiger partial charge is 0.374 e. The summed E-state index contributed by atoms with van der Waals surface area (Å²) in [6, 6.07) is 9.93. The Hall–Kier alpha value is -5.13. The molecule has 298 valence electrons. The minimum absolute atomic E-state index is 0.0475. The molecule has 1 saturated carbocycles. The zero-order chi connectivity index (χ0) is 40.7. The van der Waals surface area contributed by atoms with Crippen molar-refractivity contribution in [2.24, 2.45) is 11.3 Å². The molecule has 0 aliphatic heterocycles. The number of ether oxygens (including phenoxy) is 5. The SMILES string of the molecule is C=C(C)C(=O)OCc1cc(OCC(COC(=O)C(=C)C)(COC(=O)C(C)=O)COC(=O)C(C)=O)ccc1-c1ccc(C2CCC(CCCCC)CC2)cc1F. The van der Waals surface area contributed by atoms with Gasteiger partial charge in [-0.15, -0.1) is 0 Å². The van der Waals surface area contributed by atoms with Crippen molar-refractivity contribution >= 4 is 35.4 Å². The molecule has 12 heteroatoms. The van der Waals surface area contributed by atoms with Gasteiger partial charge in [0.2, 0.25) is 11.6 Å². The monoisotopic (exact) mass is 764 g/mol. The predicted molar refractivity (Wildman–Crippen MR) is 202 cm³/mol. The third kappa shape index (κ3) is 13.6. The van der Waals surface area contributed by atoms with E-state index in [0.29, 0.717) is 16.7 Å². The van der Waals surface area contributed by atoms with Crippen molar-refractivity contribution in [3.8, 4) is 16.9 Å². The van der Waals surface area contributed by atoms with E-state index in [0.717, 1.165) is 51.0 Å². The second-order valence-electron chi connectivity index (χ2n) is 14.5. The fraction of sp³-hybridized carbons (Fsp3) is 0.488. The standard InChI is InChI=1S/C43H53FO11/c1-8-9-10-11-31-12-14-32(15-13-31)33-16-18-37(38(44)21-33)36-19-17-35(20-34(36)22-51-39(47)27(2)3)52-23-43(24-53-40(48)28(4)5,25-54-41(49)29(6)45)26-55-42(50)30(7)46/h16-21,31-32H,2,4,8-15,22-26H2,1,3,5-7H3. The van der Waals surface area contributed by atoms with Crippen molar-refractivity contribution in [1.29, 1.82) is 0 Å². The zero-order valence-corrected chi connectivity index (χ0v) is 32.6. The number of ketones is 2. The second-order valence-corrected chi connectivity index (χ2v) is 14.5. The maximum Gasteiger partial charge on any atom is 0.374 e. The van der Waals surface area contributed by atoms with Crippen molar-refractivity contribution in [2.75, 3.05) is 26.4 Å². The summed E-state index contributed by atoms with van der Waals surface area (Å²) in [7, 11) is 0. The summed E-state index contributed by atoms with van der Waals surface area (Å²) < 4.78 is 43.2. The highest BCUT2D eigenvalue weighted by Gasteiger charge is 2.38. The van der Waals surface area contributed by atoms with Gasteiger partial charge in [-0.3, -0.25) is 9.59 Å². The molecule has 2 aromatic carbocycles. The van der Waals surface area contributed by atoms with Crippen molar-refractivity contribution < 1.29 is 56.8 Å². The summed E-state index contributed by atoms with van der Waals surface area (Å²) in [6.07, 6.45) is 9.24. The molecule has 0 radical (unpaired) electrons. The molecule has 0 saturated heterocycles. The number of hydrogen-bond donors (Lipinski definition) is 0. The molecule has 1 aliphatic rings. The largest absolute Gasteiger partial charge is 0.493 e. The Kier molecular flexibility index (Phi) is 17.0. The van der Waals surface area contributed by atoms with E-state index in [-0.39, 0.29) is 29.4 Å². The Morgan fingerprint density at radius 3 is 1.76 bits per heavy atom. The lowest BCUT2D eigenvalue weighted by Crippen LogP contribution is -2.45. The van der Waals surface area contributed by atoms with Crippen LogP contribution < -0.4 is 4.74 Å². The van der Waals surface area contributed by atoms with E-state index in [9.17, 15) is 28.8 Å². The normalized spacial score (nSPS) is 15.3. The van der Waals surface area contributed by atoms with Crippen molar-refractivity contribution in [3.63, 3.8) is 0 Å². The van der Waals surface area contributed by atoms with Crippen molar-refractivity contribution in [2.45, 2.75) is 98.5 Å². The quantitative estimate of drug-likeness (QED) is 0.0405. The number of halogens is 1. The number of carbonyl (C=O) groups excluding carboxylic acids is 6. The van der Waals surface area contributed by atoms with Gasteiger partial charge in [0, 0.05) is 36.1 Å². The maximum absolute atomic E-state index is 16.0. The van der Waals surface area contributed by atoms with Crippen LogP contribution in [0.15, 0.2) is 60.7 Å². The van der Waals surface area contributed by atoms with Crippen molar-refractivity contribution in [1.82, 2.24) is 0 Å². The molecule has 0 N–H and O–H groups in total. The number of carbonyl (C=O) groups is 6. The van der Waals surface area contributed by atoms with Crippen LogP contribution in [0.25, 0.3) is 11.1 Å². The van der Waals surface area contributed by atoms with E-state index >= 15 is 4.39 Å². The van der Waals surface area contributed by atoms with Gasteiger partial charge in [-0.1, -0.05) is 64.0 Å². The van der Waals surface area contributed by atoms with Gasteiger partial charge < -0.3 is 23.7 Å². The zero-order valence-electron chi connectivity index (χ0n) is 32.6. The van der Waals surface area contributed by atoms with Crippen LogP contribution in [-0.4, -0.2) is 61.9 Å². The minimum atomic E-state index is -1.62. The average Bonchev–Trinajstić information content (AvgIpc) is 3.16. The van der Waals surface area contributed by atoms with E-state index in [1.807, 2.05) is 6.07 Å². The molecule has 0 bridgehead atoms. The number of rotatable bonds is 21. The van der Waals surface area contributed by atoms with E-state index in [1.54, 1.807) is 24.3 Å². The summed E-state index contributed by atoms with van der Waals surface area (Å²) in [6.45, 7) is 11.8. The molecule has 0 heterocycles. The van der Waals surface area contributed by atoms with Gasteiger partial charge in [-0.05, 0) is 80.7 Å². The Morgan fingerprint density at radius 2 is 1.24 bits per heavy atom. The second kappa shape index (κ2) is 21.1. The first-order chi connectivity index (χ1) is 26.1. The Morgan fingerprint density at radius 1 is 0.691 bits per heavy atom. The number of unbranched alkanes of at least 4 members (excludes halogenated alkanes) is 2. The van der Waals surface area contributed by atoms with E-state index in [1.165, 1.54) is 45.6 Å². The van der Waals surface area contributed by atoms with Crippen LogP contribution in [0.3, 0.4) is 0 Å². The highest BCUT2D eigenvalue weighted by Crippen LogP contribution is 2.40. The number of esters is 4. The highest BCUT2D eigenvalue weighted by molar-refractivity contribution is 6.32. The Labute approximate surface area is 322 Å². The minimum Gasteiger partial charge on any atom is -0.493 e. The van der Waals surface area contributed by atoms with Gasteiger partial charge in [-0.25, -0.2) is 23.6 Å². The topological polar surface area (TPSA) is 149 Å². The molecule has 0 atom stereocenters. The van der Waals surface area contributed by atoms with Gasteiger partial charge in [0.25, 0.3) is 0 Å². The molecule has 0 amide bonds. The number of hydrogen-bond acceptors (Lipinski definition) is 11. The van der Waals surface area contributed by atoms with Crippen LogP contribution in [0.4, 0.5) is 4.39 Å². The fourth-order valence-electron chi connectivity index (χ4n) is 6.25. The van der Waals surface area contributed by atoms with E-state index in [2.05, 4.69) is 20.1 Å². The first-order valence-corrected chi connectivity index (χ1v) is 18.6. The number of benzene rings is 2. The summed E-state index contributed by atoms with van der Waals surface area (Å²) in [5.74, 6) is -4.97. The van der Waals surface area contributed by atoms with Crippen molar-refractivity contribution in [3.05, 3.63) is 77.6 Å². The molecule has 1 fully saturated rings. The molecule has 0 spiro atoms. The highest BCUT2D eigenvalue weighted by atomic mass is 19.1. The van der Waals surface area contributed by atoms with Crippen LogP contribution in [0.1, 0.15) is 103 Å². The predicted octanol–water partition coefficient (Wildman–Crippen LogP) is 7.72. The third-order valence-electron chi connectivity index (χ3n) is 9.60. The van der Waals surface area contributed by atoms with Crippen LogP contribution in [-0.2, 0) is 54.3 Å². The first kappa shape index (κ1) is 44.3. The maximum atomic E-state index is 16.0. The summed E-state index contributed by atoms with van der Waals surface area (Å²) in [4.78, 5) is 72.5. The summed E-state index contributed by atoms with van der Waals surface area (Å²) >= 11 is 0.